The van der Waals surface area contributed by atoms with Crippen LogP contribution in [0.1, 0.15) is 0 Å². The number of nitrogens with zero attached hydrogens (tertiary/aromatic N) is 1. The van der Waals surface area contributed by atoms with Gasteiger partial charge in [0.05, 0.1) is 5.69 Å². The maximum atomic E-state index is 13.5. The fourth-order valence-electron chi connectivity index (χ4n) is 3.53. The van der Waals surface area contributed by atoms with Crippen molar-refractivity contribution < 1.29 is 18.7 Å². The predicted octanol–water partition coefficient (Wildman–Crippen LogP) is 7.26. The van der Waals surface area contributed by atoms with Crippen LogP contribution in [0, 0.1) is 5.82 Å². The summed E-state index contributed by atoms with van der Waals surface area (Å²) in [5.41, 5.74) is 0.988. The predicted molar refractivity (Wildman–Crippen MR) is 140 cm³/mol. The molecule has 0 fully saturated rings. The Morgan fingerprint density at radius 1 is 0.750 bits per heavy atom. The van der Waals surface area contributed by atoms with E-state index in [0.29, 0.717) is 27.9 Å². The zero-order chi connectivity index (χ0) is 25.1. The minimum atomic E-state index is -0.516. The number of anilines is 2. The van der Waals surface area contributed by atoms with Gasteiger partial charge in [0, 0.05) is 15.6 Å². The van der Waals surface area contributed by atoms with E-state index in [1.165, 1.54) is 24.3 Å². The van der Waals surface area contributed by atoms with Crippen LogP contribution in [0.5, 0.6) is 11.5 Å². The van der Waals surface area contributed by atoms with Gasteiger partial charge >= 0.3 is 0 Å². The molecule has 1 heterocycles. The standard InChI is InChI=1S/C28H18ClFN2O3S/c29-18-6-16-24(17-7-18)36-26-25(31-20-10-8-19(30)9-11-20)27(33)32(28(26)34)21-12-14-23(15-13-21)35-22-4-2-1-3-5-22/h1-17,31H. The third-order valence-corrected chi connectivity index (χ3v) is 6.61. The lowest BCUT2D eigenvalue weighted by atomic mass is 10.2. The number of benzene rings is 4. The molecule has 2 amide bonds. The first-order valence-corrected chi connectivity index (χ1v) is 12.1. The van der Waals surface area contributed by atoms with Crippen molar-refractivity contribution in [1.82, 2.24) is 0 Å². The molecule has 36 heavy (non-hydrogen) atoms. The molecule has 0 saturated carbocycles. The fourth-order valence-corrected chi connectivity index (χ4v) is 4.59. The molecule has 1 aliphatic rings. The van der Waals surface area contributed by atoms with Crippen molar-refractivity contribution in [2.75, 3.05) is 10.2 Å². The number of para-hydroxylation sites is 1. The van der Waals surface area contributed by atoms with E-state index in [2.05, 4.69) is 5.32 Å². The Kier molecular flexibility index (Phi) is 6.75. The van der Waals surface area contributed by atoms with Gasteiger partial charge in [-0.05, 0) is 84.9 Å². The van der Waals surface area contributed by atoms with E-state index in [4.69, 9.17) is 16.3 Å². The van der Waals surface area contributed by atoms with Crippen molar-refractivity contribution in [3.05, 3.63) is 125 Å². The van der Waals surface area contributed by atoms with Gasteiger partial charge in [0.15, 0.2) is 0 Å². The van der Waals surface area contributed by atoms with Crippen molar-refractivity contribution in [2.45, 2.75) is 4.90 Å². The molecule has 4 aromatic carbocycles. The molecule has 0 aromatic heterocycles. The Morgan fingerprint density at radius 2 is 1.39 bits per heavy atom. The zero-order valence-corrected chi connectivity index (χ0v) is 20.2. The normalized spacial score (nSPS) is 13.3. The van der Waals surface area contributed by atoms with Crippen LogP contribution >= 0.6 is 23.4 Å². The third kappa shape index (κ3) is 5.12. The number of hydrogen-bond acceptors (Lipinski definition) is 5. The van der Waals surface area contributed by atoms with Gasteiger partial charge < -0.3 is 10.1 Å². The molecular formula is C28H18ClFN2O3S. The molecule has 0 aliphatic carbocycles. The summed E-state index contributed by atoms with van der Waals surface area (Å²) < 4.78 is 19.2. The van der Waals surface area contributed by atoms with Crippen molar-refractivity contribution >= 4 is 46.6 Å². The highest BCUT2D eigenvalue weighted by Crippen LogP contribution is 2.38. The van der Waals surface area contributed by atoms with Gasteiger partial charge in [-0.2, -0.15) is 0 Å². The number of halogens is 2. The van der Waals surface area contributed by atoms with Gasteiger partial charge in [-0.15, -0.1) is 0 Å². The molecule has 5 rings (SSSR count). The Balaban J connectivity index is 1.44. The van der Waals surface area contributed by atoms with E-state index in [1.54, 1.807) is 48.5 Å². The highest BCUT2D eigenvalue weighted by atomic mass is 35.5. The van der Waals surface area contributed by atoms with E-state index < -0.39 is 17.6 Å². The van der Waals surface area contributed by atoms with Crippen LogP contribution in [0.3, 0.4) is 0 Å². The highest BCUT2D eigenvalue weighted by Gasteiger charge is 2.40. The zero-order valence-electron chi connectivity index (χ0n) is 18.7. The van der Waals surface area contributed by atoms with Crippen LogP contribution < -0.4 is 15.0 Å². The summed E-state index contributed by atoms with van der Waals surface area (Å²) in [5, 5.41) is 3.56. The molecule has 8 heteroatoms. The van der Waals surface area contributed by atoms with Crippen molar-refractivity contribution in [2.24, 2.45) is 0 Å². The van der Waals surface area contributed by atoms with E-state index in [0.717, 1.165) is 21.6 Å². The summed E-state index contributed by atoms with van der Waals surface area (Å²) in [6, 6.07) is 28.5. The van der Waals surface area contributed by atoms with Crippen LogP contribution in [0.25, 0.3) is 0 Å². The molecule has 0 saturated heterocycles. The largest absolute Gasteiger partial charge is 0.457 e. The van der Waals surface area contributed by atoms with Gasteiger partial charge in [0.1, 0.15) is 27.9 Å². The van der Waals surface area contributed by atoms with Crippen LogP contribution in [0.15, 0.2) is 119 Å². The summed E-state index contributed by atoms with van der Waals surface area (Å²) >= 11 is 7.15. The molecule has 178 valence electrons. The first-order valence-electron chi connectivity index (χ1n) is 10.9. The molecule has 0 bridgehead atoms. The number of amides is 2. The molecule has 0 radical (unpaired) electrons. The Bertz CT molecular complexity index is 1370. The lowest BCUT2D eigenvalue weighted by Crippen LogP contribution is -2.32. The number of thioether (sulfide) groups is 1. The van der Waals surface area contributed by atoms with Gasteiger partial charge in [0.2, 0.25) is 0 Å². The molecule has 1 aliphatic heterocycles. The van der Waals surface area contributed by atoms with Crippen LogP contribution in [0.4, 0.5) is 15.8 Å². The number of carbonyl (C=O) groups excluding carboxylic acids is 2. The quantitative estimate of drug-likeness (QED) is 0.262. The number of rotatable bonds is 7. The summed E-state index contributed by atoms with van der Waals surface area (Å²) in [6.07, 6.45) is 0. The van der Waals surface area contributed by atoms with Crippen molar-refractivity contribution in [1.29, 1.82) is 0 Å². The summed E-state index contributed by atoms with van der Waals surface area (Å²) in [7, 11) is 0. The number of imide groups is 1. The Morgan fingerprint density at radius 3 is 2.06 bits per heavy atom. The second kappa shape index (κ2) is 10.3. The smallest absolute Gasteiger partial charge is 0.283 e. The monoisotopic (exact) mass is 516 g/mol. The van der Waals surface area contributed by atoms with E-state index in [1.807, 2.05) is 30.3 Å². The van der Waals surface area contributed by atoms with Crippen molar-refractivity contribution in [3.63, 3.8) is 0 Å². The average Bonchev–Trinajstić information content (AvgIpc) is 3.12. The van der Waals surface area contributed by atoms with E-state index >= 15 is 0 Å². The summed E-state index contributed by atoms with van der Waals surface area (Å²) in [4.78, 5) is 29.0. The topological polar surface area (TPSA) is 58.6 Å². The summed E-state index contributed by atoms with van der Waals surface area (Å²) in [5.74, 6) is -0.150. The van der Waals surface area contributed by atoms with E-state index in [9.17, 15) is 14.0 Å². The number of carbonyl (C=O) groups is 2. The minimum Gasteiger partial charge on any atom is -0.457 e. The van der Waals surface area contributed by atoms with Crippen molar-refractivity contribution in [3.8, 4) is 11.5 Å². The number of nitrogens with one attached hydrogen (secondary N) is 1. The van der Waals surface area contributed by atoms with Gasteiger partial charge in [-0.1, -0.05) is 41.6 Å². The van der Waals surface area contributed by atoms with Crippen LogP contribution in [-0.4, -0.2) is 11.8 Å². The first-order chi connectivity index (χ1) is 17.5. The van der Waals surface area contributed by atoms with Crippen LogP contribution in [-0.2, 0) is 9.59 Å². The molecule has 4 aromatic rings. The second-order valence-corrected chi connectivity index (χ2v) is 9.27. The summed E-state index contributed by atoms with van der Waals surface area (Å²) in [6.45, 7) is 0. The van der Waals surface area contributed by atoms with Gasteiger partial charge in [-0.3, -0.25) is 9.59 Å². The lowest BCUT2D eigenvalue weighted by Gasteiger charge is -2.16. The molecule has 0 unspecified atom stereocenters. The minimum absolute atomic E-state index is 0.108. The Labute approximate surface area is 216 Å². The molecular weight excluding hydrogens is 499 g/mol. The van der Waals surface area contributed by atoms with E-state index in [-0.39, 0.29) is 10.6 Å². The fraction of sp³-hybridized carbons (Fsp3) is 0. The van der Waals surface area contributed by atoms with Gasteiger partial charge in [-0.25, -0.2) is 9.29 Å². The lowest BCUT2D eigenvalue weighted by molar-refractivity contribution is -0.120. The maximum absolute atomic E-state index is 13.5. The third-order valence-electron chi connectivity index (χ3n) is 5.26. The molecule has 0 spiro atoms. The second-order valence-electron chi connectivity index (χ2n) is 7.75. The Hall–Kier alpha value is -4.07. The first kappa shape index (κ1) is 23.7. The molecule has 5 nitrogen and oxygen atoms in total. The molecule has 0 atom stereocenters. The number of hydrogen-bond donors (Lipinski definition) is 1. The SMILES string of the molecule is O=C1C(Nc2ccc(F)cc2)=C(Sc2ccc(Cl)cc2)C(=O)N1c1ccc(Oc2ccccc2)cc1. The van der Waals surface area contributed by atoms with Gasteiger partial charge in [0.25, 0.3) is 11.8 Å². The van der Waals surface area contributed by atoms with Crippen LogP contribution in [0.2, 0.25) is 5.02 Å². The highest BCUT2D eigenvalue weighted by molar-refractivity contribution is 8.04. The maximum Gasteiger partial charge on any atom is 0.283 e. The molecule has 1 N–H and O–H groups in total. The number of ether oxygens (including phenoxy) is 1. The average molecular weight is 517 g/mol.